The third kappa shape index (κ3) is 3.97. The summed E-state index contributed by atoms with van der Waals surface area (Å²) in [5.41, 5.74) is 1.85. The Morgan fingerprint density at radius 2 is 2.05 bits per heavy atom. The van der Waals surface area contributed by atoms with E-state index >= 15 is 0 Å². The first kappa shape index (κ1) is 14.8. The quantitative estimate of drug-likeness (QED) is 0.878. The highest BCUT2D eigenvalue weighted by atomic mass is 19.1. The molecule has 1 aliphatic carbocycles. The highest BCUT2D eigenvalue weighted by Gasteiger charge is 2.21. The molecular formula is C18H27FN2. The molecule has 1 unspecified atom stereocenters. The Labute approximate surface area is 127 Å². The Morgan fingerprint density at radius 1 is 1.19 bits per heavy atom. The molecule has 1 heterocycles. The van der Waals surface area contributed by atoms with Gasteiger partial charge in [-0.3, -0.25) is 0 Å². The molecule has 1 saturated heterocycles. The predicted octanol–water partition coefficient (Wildman–Crippen LogP) is 4.09. The van der Waals surface area contributed by atoms with Crippen LogP contribution in [0, 0.1) is 11.7 Å². The highest BCUT2D eigenvalue weighted by molar-refractivity contribution is 5.49. The molecule has 21 heavy (non-hydrogen) atoms. The molecule has 2 aliphatic rings. The van der Waals surface area contributed by atoms with E-state index in [2.05, 4.69) is 23.2 Å². The molecule has 0 spiro atoms. The zero-order valence-corrected chi connectivity index (χ0v) is 13.1. The van der Waals surface area contributed by atoms with Gasteiger partial charge in [0, 0.05) is 25.7 Å². The second kappa shape index (κ2) is 6.78. The lowest BCUT2D eigenvalue weighted by Gasteiger charge is -2.24. The lowest BCUT2D eigenvalue weighted by molar-refractivity contribution is 0.459. The molecule has 3 rings (SSSR count). The largest absolute Gasteiger partial charge is 0.369 e. The van der Waals surface area contributed by atoms with Crippen molar-refractivity contribution in [1.82, 2.24) is 5.32 Å². The molecule has 0 amide bonds. The van der Waals surface area contributed by atoms with Gasteiger partial charge in [0.25, 0.3) is 0 Å². The molecule has 1 atom stereocenters. The van der Waals surface area contributed by atoms with Crippen LogP contribution in [0.1, 0.15) is 51.0 Å². The maximum absolute atomic E-state index is 14.4. The zero-order chi connectivity index (χ0) is 14.7. The Balaban J connectivity index is 1.63. The minimum atomic E-state index is -0.0555. The Hall–Kier alpha value is -1.09. The van der Waals surface area contributed by atoms with Crippen LogP contribution in [0.3, 0.4) is 0 Å². The van der Waals surface area contributed by atoms with Gasteiger partial charge in [0.05, 0.1) is 5.69 Å². The summed E-state index contributed by atoms with van der Waals surface area (Å²) in [6.07, 6.45) is 7.46. The first-order valence-electron chi connectivity index (χ1n) is 8.53. The lowest BCUT2D eigenvalue weighted by Crippen LogP contribution is -2.25. The van der Waals surface area contributed by atoms with Crippen molar-refractivity contribution < 1.29 is 4.39 Å². The van der Waals surface area contributed by atoms with Crippen LogP contribution >= 0.6 is 0 Å². The van der Waals surface area contributed by atoms with Crippen molar-refractivity contribution in [1.29, 1.82) is 0 Å². The van der Waals surface area contributed by atoms with Crippen molar-refractivity contribution in [3.63, 3.8) is 0 Å². The van der Waals surface area contributed by atoms with E-state index in [1.807, 2.05) is 6.07 Å². The molecule has 1 saturated carbocycles. The summed E-state index contributed by atoms with van der Waals surface area (Å²) in [5, 5.41) is 3.44. The zero-order valence-electron chi connectivity index (χ0n) is 13.1. The van der Waals surface area contributed by atoms with Crippen molar-refractivity contribution in [2.24, 2.45) is 5.92 Å². The summed E-state index contributed by atoms with van der Waals surface area (Å²) in [5.74, 6) is 0.764. The topological polar surface area (TPSA) is 15.3 Å². The highest BCUT2D eigenvalue weighted by Crippen LogP contribution is 2.27. The van der Waals surface area contributed by atoms with Gasteiger partial charge in [0.2, 0.25) is 0 Å². The fourth-order valence-electron chi connectivity index (χ4n) is 3.28. The number of nitrogens with one attached hydrogen (secondary N) is 1. The van der Waals surface area contributed by atoms with Crippen LogP contribution in [-0.4, -0.2) is 19.1 Å². The molecule has 1 aromatic carbocycles. The van der Waals surface area contributed by atoms with E-state index in [1.165, 1.54) is 38.5 Å². The Bertz CT molecular complexity index is 470. The van der Waals surface area contributed by atoms with Crippen molar-refractivity contribution in [2.75, 3.05) is 18.0 Å². The van der Waals surface area contributed by atoms with E-state index in [4.69, 9.17) is 0 Å². The number of halogens is 1. The second-order valence-corrected chi connectivity index (χ2v) is 6.63. The average molecular weight is 290 g/mol. The summed E-state index contributed by atoms with van der Waals surface area (Å²) in [7, 11) is 0. The maximum Gasteiger partial charge on any atom is 0.146 e. The van der Waals surface area contributed by atoms with Crippen molar-refractivity contribution in [2.45, 2.75) is 58.0 Å². The smallest absolute Gasteiger partial charge is 0.146 e. The standard InChI is InChI=1S/C18H27FN2/c1-2-14-4-3-10-21(11-9-14)18-8-5-15(12-17(18)19)13-20-16-6-7-16/h5,8,12,14,16,20H,2-4,6-7,9-11,13H2,1H3. The molecule has 1 aromatic rings. The fraction of sp³-hybridized carbons (Fsp3) is 0.667. The number of anilines is 1. The molecule has 0 bridgehead atoms. The number of hydrogen-bond donors (Lipinski definition) is 1. The first-order chi connectivity index (χ1) is 10.3. The van der Waals surface area contributed by atoms with Crippen molar-refractivity contribution in [3.8, 4) is 0 Å². The summed E-state index contributed by atoms with van der Waals surface area (Å²) in [6, 6.07) is 6.44. The van der Waals surface area contributed by atoms with Crippen LogP contribution in [0.5, 0.6) is 0 Å². The van der Waals surface area contributed by atoms with E-state index in [9.17, 15) is 4.39 Å². The van der Waals surface area contributed by atoms with Gasteiger partial charge in [-0.1, -0.05) is 19.4 Å². The minimum Gasteiger partial charge on any atom is -0.369 e. The minimum absolute atomic E-state index is 0.0555. The van der Waals surface area contributed by atoms with Crippen LogP contribution < -0.4 is 10.2 Å². The average Bonchev–Trinajstić information content (AvgIpc) is 3.32. The summed E-state index contributed by atoms with van der Waals surface area (Å²) < 4.78 is 14.4. The van der Waals surface area contributed by atoms with Crippen LogP contribution in [0.25, 0.3) is 0 Å². The molecule has 2 nitrogen and oxygen atoms in total. The first-order valence-corrected chi connectivity index (χ1v) is 8.53. The van der Waals surface area contributed by atoms with E-state index < -0.39 is 0 Å². The van der Waals surface area contributed by atoms with E-state index in [1.54, 1.807) is 6.07 Å². The summed E-state index contributed by atoms with van der Waals surface area (Å²) in [6.45, 7) is 5.05. The summed E-state index contributed by atoms with van der Waals surface area (Å²) in [4.78, 5) is 2.24. The van der Waals surface area contributed by atoms with Gasteiger partial charge in [0.1, 0.15) is 5.82 Å². The molecule has 1 N–H and O–H groups in total. The van der Waals surface area contributed by atoms with Gasteiger partial charge < -0.3 is 10.2 Å². The van der Waals surface area contributed by atoms with Gasteiger partial charge in [-0.05, 0) is 55.7 Å². The molecule has 3 heteroatoms. The van der Waals surface area contributed by atoms with E-state index in [0.29, 0.717) is 6.04 Å². The molecule has 1 aliphatic heterocycles. The van der Waals surface area contributed by atoms with E-state index in [-0.39, 0.29) is 5.82 Å². The van der Waals surface area contributed by atoms with Crippen LogP contribution in [0.15, 0.2) is 18.2 Å². The third-order valence-electron chi connectivity index (χ3n) is 4.95. The molecule has 0 aromatic heterocycles. The maximum atomic E-state index is 14.4. The van der Waals surface area contributed by atoms with Gasteiger partial charge in [-0.2, -0.15) is 0 Å². The Kier molecular flexibility index (Phi) is 4.79. The molecular weight excluding hydrogens is 263 g/mol. The predicted molar refractivity (Wildman–Crippen MR) is 86.1 cm³/mol. The van der Waals surface area contributed by atoms with Gasteiger partial charge >= 0.3 is 0 Å². The van der Waals surface area contributed by atoms with Gasteiger partial charge in [0.15, 0.2) is 0 Å². The van der Waals surface area contributed by atoms with Crippen molar-refractivity contribution in [3.05, 3.63) is 29.6 Å². The number of benzene rings is 1. The summed E-state index contributed by atoms with van der Waals surface area (Å²) >= 11 is 0. The van der Waals surface area contributed by atoms with Crippen LogP contribution in [0.2, 0.25) is 0 Å². The Morgan fingerprint density at radius 3 is 2.76 bits per heavy atom. The monoisotopic (exact) mass is 290 g/mol. The number of rotatable bonds is 5. The van der Waals surface area contributed by atoms with Gasteiger partial charge in [-0.15, -0.1) is 0 Å². The third-order valence-corrected chi connectivity index (χ3v) is 4.95. The molecule has 116 valence electrons. The van der Waals surface area contributed by atoms with Crippen LogP contribution in [-0.2, 0) is 6.54 Å². The SMILES string of the molecule is CCC1CCCN(c2ccc(CNC3CC3)cc2F)CC1. The second-order valence-electron chi connectivity index (χ2n) is 6.63. The van der Waals surface area contributed by atoms with Crippen LogP contribution in [0.4, 0.5) is 10.1 Å². The molecule has 2 fully saturated rings. The van der Waals surface area contributed by atoms with Gasteiger partial charge in [-0.25, -0.2) is 4.39 Å². The number of nitrogens with zero attached hydrogens (tertiary/aromatic N) is 1. The normalized spacial score (nSPS) is 23.1. The van der Waals surface area contributed by atoms with Crippen molar-refractivity contribution >= 4 is 5.69 Å². The molecule has 0 radical (unpaired) electrons. The van der Waals surface area contributed by atoms with E-state index in [0.717, 1.165) is 36.8 Å². The number of hydrogen-bond acceptors (Lipinski definition) is 2. The lowest BCUT2D eigenvalue weighted by atomic mass is 9.98. The fourth-order valence-corrected chi connectivity index (χ4v) is 3.28.